The van der Waals surface area contributed by atoms with Crippen molar-refractivity contribution >= 4 is 5.91 Å². The fraction of sp³-hybridized carbons (Fsp3) is 0.500. The third kappa shape index (κ3) is 4.13. The molecule has 3 heterocycles. The SMILES string of the molecule is CC(CNC(=O)c1cc(-c2ccc3c(c2)OCCO3)on1)N1CCN(C)CC1. The second-order valence-corrected chi connectivity index (χ2v) is 7.33. The molecule has 8 nitrogen and oxygen atoms in total. The molecule has 150 valence electrons. The Labute approximate surface area is 164 Å². The van der Waals surface area contributed by atoms with Gasteiger partial charge in [-0.15, -0.1) is 0 Å². The van der Waals surface area contributed by atoms with E-state index < -0.39 is 0 Å². The number of nitrogens with one attached hydrogen (secondary N) is 1. The molecule has 1 N–H and O–H groups in total. The maximum atomic E-state index is 12.5. The van der Waals surface area contributed by atoms with Crippen molar-refractivity contribution in [2.24, 2.45) is 0 Å². The molecule has 1 amide bonds. The van der Waals surface area contributed by atoms with Gasteiger partial charge < -0.3 is 24.2 Å². The van der Waals surface area contributed by atoms with Crippen molar-refractivity contribution in [3.8, 4) is 22.8 Å². The molecule has 4 rings (SSSR count). The van der Waals surface area contributed by atoms with Gasteiger partial charge >= 0.3 is 0 Å². The number of carbonyl (C=O) groups excluding carboxylic acids is 1. The second kappa shape index (κ2) is 8.20. The molecule has 28 heavy (non-hydrogen) atoms. The number of aromatic nitrogens is 1. The Balaban J connectivity index is 1.35. The quantitative estimate of drug-likeness (QED) is 0.834. The fourth-order valence-corrected chi connectivity index (χ4v) is 3.44. The van der Waals surface area contributed by atoms with Crippen LogP contribution in [0.25, 0.3) is 11.3 Å². The largest absolute Gasteiger partial charge is 0.486 e. The lowest BCUT2D eigenvalue weighted by molar-refractivity contribution is 0.0895. The predicted octanol–water partition coefficient (Wildman–Crippen LogP) is 1.48. The van der Waals surface area contributed by atoms with Gasteiger partial charge in [-0.2, -0.15) is 0 Å². The highest BCUT2D eigenvalue weighted by Gasteiger charge is 2.21. The lowest BCUT2D eigenvalue weighted by atomic mass is 10.1. The molecule has 1 fully saturated rings. The lowest BCUT2D eigenvalue weighted by Crippen LogP contribution is -2.51. The van der Waals surface area contributed by atoms with E-state index in [-0.39, 0.29) is 17.6 Å². The van der Waals surface area contributed by atoms with E-state index in [1.54, 1.807) is 6.07 Å². The molecule has 8 heteroatoms. The van der Waals surface area contributed by atoms with E-state index in [0.717, 1.165) is 31.7 Å². The number of benzene rings is 1. The van der Waals surface area contributed by atoms with Crippen LogP contribution in [0.1, 0.15) is 17.4 Å². The Morgan fingerprint density at radius 2 is 1.89 bits per heavy atom. The normalized spacial score (nSPS) is 18.6. The molecule has 0 bridgehead atoms. The first kappa shape index (κ1) is 18.8. The minimum atomic E-state index is -0.228. The Bertz CT molecular complexity index is 829. The summed E-state index contributed by atoms with van der Waals surface area (Å²) in [6.07, 6.45) is 0. The second-order valence-electron chi connectivity index (χ2n) is 7.33. The molecular formula is C20H26N4O4. The molecule has 0 saturated carbocycles. The molecule has 0 aliphatic carbocycles. The van der Waals surface area contributed by atoms with Crippen LogP contribution in [0.4, 0.5) is 0 Å². The van der Waals surface area contributed by atoms with Gasteiger partial charge in [-0.25, -0.2) is 0 Å². The van der Waals surface area contributed by atoms with E-state index in [2.05, 4.69) is 34.2 Å². The van der Waals surface area contributed by atoms with Crippen molar-refractivity contribution in [3.63, 3.8) is 0 Å². The van der Waals surface area contributed by atoms with Gasteiger partial charge in [0.2, 0.25) is 0 Å². The van der Waals surface area contributed by atoms with Crippen molar-refractivity contribution in [1.82, 2.24) is 20.3 Å². The van der Waals surface area contributed by atoms with Crippen LogP contribution in [-0.4, -0.2) is 79.9 Å². The maximum absolute atomic E-state index is 12.5. The first-order chi connectivity index (χ1) is 13.6. The number of carbonyl (C=O) groups is 1. The van der Waals surface area contributed by atoms with Crippen molar-refractivity contribution in [1.29, 1.82) is 0 Å². The summed E-state index contributed by atoms with van der Waals surface area (Å²) >= 11 is 0. The smallest absolute Gasteiger partial charge is 0.273 e. The van der Waals surface area contributed by atoms with Crippen LogP contribution in [0.5, 0.6) is 11.5 Å². The van der Waals surface area contributed by atoms with Crippen LogP contribution in [-0.2, 0) is 0 Å². The molecule has 2 aliphatic rings. The minimum absolute atomic E-state index is 0.228. The van der Waals surface area contributed by atoms with Crippen LogP contribution in [0.15, 0.2) is 28.8 Å². The van der Waals surface area contributed by atoms with Crippen LogP contribution in [0.2, 0.25) is 0 Å². The Kier molecular flexibility index (Phi) is 5.50. The minimum Gasteiger partial charge on any atom is -0.486 e. The highest BCUT2D eigenvalue weighted by molar-refractivity contribution is 5.93. The Hall–Kier alpha value is -2.58. The van der Waals surface area contributed by atoms with Gasteiger partial charge in [-0.3, -0.25) is 9.69 Å². The first-order valence-corrected chi connectivity index (χ1v) is 9.67. The maximum Gasteiger partial charge on any atom is 0.273 e. The third-order valence-corrected chi connectivity index (χ3v) is 5.29. The molecule has 0 spiro atoms. The molecule has 1 saturated heterocycles. The summed E-state index contributed by atoms with van der Waals surface area (Å²) in [6.45, 7) is 7.93. The van der Waals surface area contributed by atoms with E-state index >= 15 is 0 Å². The van der Waals surface area contributed by atoms with Crippen LogP contribution in [0, 0.1) is 0 Å². The van der Waals surface area contributed by atoms with Crippen molar-refractivity contribution < 1.29 is 18.8 Å². The number of fused-ring (bicyclic) bond motifs is 1. The van der Waals surface area contributed by atoms with Crippen LogP contribution >= 0.6 is 0 Å². The highest BCUT2D eigenvalue weighted by Crippen LogP contribution is 2.34. The predicted molar refractivity (Wildman–Crippen MR) is 104 cm³/mol. The molecule has 1 atom stereocenters. The zero-order valence-electron chi connectivity index (χ0n) is 16.3. The highest BCUT2D eigenvalue weighted by atomic mass is 16.6. The van der Waals surface area contributed by atoms with Crippen molar-refractivity contribution in [3.05, 3.63) is 30.0 Å². The van der Waals surface area contributed by atoms with Crippen molar-refractivity contribution in [2.45, 2.75) is 13.0 Å². The molecule has 0 radical (unpaired) electrons. The third-order valence-electron chi connectivity index (χ3n) is 5.29. The van der Waals surface area contributed by atoms with E-state index in [1.807, 2.05) is 18.2 Å². The Morgan fingerprint density at radius 1 is 1.14 bits per heavy atom. The van der Waals surface area contributed by atoms with E-state index in [4.69, 9.17) is 14.0 Å². The van der Waals surface area contributed by atoms with Crippen molar-refractivity contribution in [2.75, 3.05) is 53.0 Å². The number of piperazine rings is 1. The molecule has 1 unspecified atom stereocenters. The summed E-state index contributed by atoms with van der Waals surface area (Å²) in [5, 5.41) is 6.89. The number of likely N-dealkylation sites (N-methyl/N-ethyl adjacent to an activating group) is 1. The standard InChI is InChI=1S/C20H26N4O4/c1-14(24-7-5-23(2)6-8-24)13-21-20(25)16-12-18(28-22-16)15-3-4-17-19(11-15)27-10-9-26-17/h3-4,11-12,14H,5-10,13H2,1-2H3,(H,21,25). The fourth-order valence-electron chi connectivity index (χ4n) is 3.44. The van der Waals surface area contributed by atoms with Gasteiger partial charge in [0.25, 0.3) is 5.91 Å². The monoisotopic (exact) mass is 386 g/mol. The topological polar surface area (TPSA) is 80.1 Å². The van der Waals surface area contributed by atoms with Crippen LogP contribution in [0.3, 0.4) is 0 Å². The van der Waals surface area contributed by atoms with Gasteiger partial charge in [0.1, 0.15) is 13.2 Å². The van der Waals surface area contributed by atoms with E-state index in [1.165, 1.54) is 0 Å². The number of rotatable bonds is 5. The summed E-state index contributed by atoms with van der Waals surface area (Å²) in [5.74, 6) is 1.68. The lowest BCUT2D eigenvalue weighted by Gasteiger charge is -2.36. The molecule has 2 aliphatic heterocycles. The van der Waals surface area contributed by atoms with Gasteiger partial charge in [-0.1, -0.05) is 5.16 Å². The Morgan fingerprint density at radius 3 is 2.68 bits per heavy atom. The molecular weight excluding hydrogens is 360 g/mol. The average Bonchev–Trinajstić information content (AvgIpc) is 3.22. The molecule has 2 aromatic rings. The zero-order chi connectivity index (χ0) is 19.5. The summed E-state index contributed by atoms with van der Waals surface area (Å²) < 4.78 is 16.5. The summed E-state index contributed by atoms with van der Waals surface area (Å²) in [7, 11) is 2.13. The van der Waals surface area contributed by atoms with Gasteiger partial charge in [0, 0.05) is 50.4 Å². The number of ether oxygens (including phenoxy) is 2. The van der Waals surface area contributed by atoms with E-state index in [0.29, 0.717) is 37.0 Å². The molecule has 1 aromatic carbocycles. The summed E-state index contributed by atoms with van der Waals surface area (Å²) in [6, 6.07) is 7.48. The number of hydrogen-bond donors (Lipinski definition) is 1. The van der Waals surface area contributed by atoms with E-state index in [9.17, 15) is 4.79 Å². The van der Waals surface area contributed by atoms with Gasteiger partial charge in [-0.05, 0) is 32.2 Å². The van der Waals surface area contributed by atoms with Gasteiger partial charge in [0.15, 0.2) is 23.0 Å². The number of hydrogen-bond acceptors (Lipinski definition) is 7. The molecule has 1 aromatic heterocycles. The zero-order valence-corrected chi connectivity index (χ0v) is 16.3. The first-order valence-electron chi connectivity index (χ1n) is 9.67. The van der Waals surface area contributed by atoms with Crippen LogP contribution < -0.4 is 14.8 Å². The summed E-state index contributed by atoms with van der Waals surface area (Å²) in [5.41, 5.74) is 1.07. The van der Waals surface area contributed by atoms with Gasteiger partial charge in [0.05, 0.1) is 0 Å². The average molecular weight is 386 g/mol. The summed E-state index contributed by atoms with van der Waals surface area (Å²) in [4.78, 5) is 17.2. The number of amides is 1. The number of nitrogens with zero attached hydrogens (tertiary/aromatic N) is 3.